The molecule has 4 aromatic heterocycles. The van der Waals surface area contributed by atoms with Gasteiger partial charge in [-0.2, -0.15) is 16.8 Å². The Kier molecular flexibility index (Phi) is 21.3. The highest BCUT2D eigenvalue weighted by atomic mass is 79.9. The Morgan fingerprint density at radius 1 is 0.614 bits per heavy atom. The van der Waals surface area contributed by atoms with Crippen LogP contribution in [0.4, 0.5) is 21.5 Å². The van der Waals surface area contributed by atoms with E-state index < -0.39 is 52.7 Å². The number of aryl methyl sites for hydroxylation is 2. The minimum Gasteiger partial charge on any atom is -0.444 e. The van der Waals surface area contributed by atoms with Crippen LogP contribution in [-0.2, 0) is 41.9 Å². The summed E-state index contributed by atoms with van der Waals surface area (Å²) in [5, 5.41) is 9.17. The molecule has 8 aromatic rings. The molecule has 11 rings (SSSR count). The molecule has 0 unspecified atom stereocenters. The van der Waals surface area contributed by atoms with Crippen molar-refractivity contribution in [2.45, 2.75) is 143 Å². The molecule has 0 aliphatic carbocycles. The number of para-hydroxylation sites is 2. The van der Waals surface area contributed by atoms with Crippen LogP contribution in [0.25, 0.3) is 55.7 Å². The number of likely N-dealkylation sites (tertiary alicyclic amines) is 2. The van der Waals surface area contributed by atoms with Crippen molar-refractivity contribution < 1.29 is 45.2 Å². The maximum atomic E-state index is 12.7. The SMILES string of the molecule is Cc1cnc(N[C@H]2CCCN(C(=O)OC(C)(C)C)C2)nc1-c1cn(-c2ccccc2)c2cc(B3OC(C)(C)C(C)(C)O3)ccc12.Cc1cnc(N[C@H]2CCCN(C(=O)OC(C)(C)C)C2)nc1-c1cn(-c2ccccc2)c2cc(Br)ccc12.O=S=O.O=S=O. The third-order valence-electron chi connectivity index (χ3n) is 15.5. The van der Waals surface area contributed by atoms with Gasteiger partial charge in [0, 0.05) is 101 Å². The van der Waals surface area contributed by atoms with E-state index in [1.807, 2.05) is 104 Å². The fraction of sp³-hybridized carbons (Fsp3) is 0.406. The Bertz CT molecular complexity index is 3820. The highest BCUT2D eigenvalue weighted by molar-refractivity contribution is 9.10. The number of carbonyl (C=O) groups excluding carboxylic acids is 2. The summed E-state index contributed by atoms with van der Waals surface area (Å²) in [4.78, 5) is 48.1. The first-order chi connectivity index (χ1) is 41.7. The number of piperidine rings is 2. The zero-order valence-corrected chi connectivity index (χ0v) is 55.0. The molecule has 464 valence electrons. The van der Waals surface area contributed by atoms with E-state index in [1.54, 1.807) is 9.80 Å². The first kappa shape index (κ1) is 66.3. The average molecular weight is 1300 g/mol. The Morgan fingerprint density at radius 3 is 1.42 bits per heavy atom. The Balaban J connectivity index is 0.000000213. The van der Waals surface area contributed by atoms with Crippen LogP contribution >= 0.6 is 15.9 Å². The van der Waals surface area contributed by atoms with Crippen LogP contribution in [-0.4, -0.2) is 136 Å². The molecule has 0 spiro atoms. The van der Waals surface area contributed by atoms with E-state index in [0.29, 0.717) is 38.1 Å². The van der Waals surface area contributed by atoms with Crippen molar-refractivity contribution in [2.75, 3.05) is 36.8 Å². The fourth-order valence-electron chi connectivity index (χ4n) is 10.7. The third-order valence-corrected chi connectivity index (χ3v) is 16.0. The van der Waals surface area contributed by atoms with Gasteiger partial charge in [-0.05, 0) is 168 Å². The zero-order valence-electron chi connectivity index (χ0n) is 51.8. The summed E-state index contributed by atoms with van der Waals surface area (Å²) in [7, 11) is -0.464. The van der Waals surface area contributed by atoms with E-state index in [9.17, 15) is 9.59 Å². The summed E-state index contributed by atoms with van der Waals surface area (Å²) in [6, 6.07) is 33.4. The van der Waals surface area contributed by atoms with E-state index in [4.69, 9.17) is 45.6 Å². The van der Waals surface area contributed by atoms with Crippen molar-refractivity contribution in [3.05, 3.63) is 137 Å². The molecule has 2 amide bonds. The lowest BCUT2D eigenvalue weighted by molar-refractivity contribution is 0.00578. The zero-order chi connectivity index (χ0) is 63.7. The normalized spacial score (nSPS) is 17.1. The molecule has 3 aliphatic heterocycles. The van der Waals surface area contributed by atoms with Crippen LogP contribution in [0, 0.1) is 13.8 Å². The predicted molar refractivity (Wildman–Crippen MR) is 348 cm³/mol. The van der Waals surface area contributed by atoms with Crippen LogP contribution < -0.4 is 16.1 Å². The number of nitrogens with zero attached hydrogens (tertiary/aromatic N) is 8. The lowest BCUT2D eigenvalue weighted by Gasteiger charge is -2.34. The lowest BCUT2D eigenvalue weighted by atomic mass is 9.78. The van der Waals surface area contributed by atoms with E-state index in [2.05, 4.69) is 146 Å². The largest absolute Gasteiger partial charge is 0.494 e. The van der Waals surface area contributed by atoms with E-state index in [1.165, 1.54) is 0 Å². The molecule has 7 heterocycles. The van der Waals surface area contributed by atoms with Crippen LogP contribution in [0.15, 0.2) is 126 Å². The topological polar surface area (TPSA) is 231 Å². The number of fused-ring (bicyclic) bond motifs is 2. The number of amides is 2. The average Bonchev–Trinajstić information content (AvgIpc) is 2.04. The molecule has 0 radical (unpaired) electrons. The molecule has 0 saturated carbocycles. The van der Waals surface area contributed by atoms with Crippen LogP contribution in [0.5, 0.6) is 0 Å². The molecule has 88 heavy (non-hydrogen) atoms. The number of hydrogen-bond donors (Lipinski definition) is 2. The standard InChI is InChI=1S/C35H44BN5O4.C29H32BrN5O2.2O2S/c1-23-20-37-31(38-25-13-12-18-40(21-25)32(42)43-33(2,3)4)39-30(23)28-22-41(26-14-10-9-11-15-26)29-19-24(16-17-27(28)29)36-44-34(5,6)35(7,8)45-36;1-19-16-31-27(32-21-9-8-14-34(17-21)28(36)37-29(2,3)4)33-26(19)24-18-35(22-10-6-5-7-11-22)25-15-20(30)12-13-23(24)25;2*1-3-2/h9-11,14-17,19-20,22,25H,12-13,18,21H2,1-8H3,(H,37,38,39);5-7,10-13,15-16,18,21H,8-9,14,17H2,1-4H3,(H,31,32,33);;/t25-;21-;;/m00../s1. The quantitative estimate of drug-likeness (QED) is 0.128. The number of anilines is 2. The Morgan fingerprint density at radius 2 is 1.01 bits per heavy atom. The summed E-state index contributed by atoms with van der Waals surface area (Å²) >= 11 is 2.13. The summed E-state index contributed by atoms with van der Waals surface area (Å²) in [5.74, 6) is 1.11. The molecule has 4 aromatic carbocycles. The first-order valence-corrected chi connectivity index (χ1v) is 31.3. The molecular weight excluding hydrogens is 1220 g/mol. The van der Waals surface area contributed by atoms with Gasteiger partial charge in [-0.1, -0.05) is 70.5 Å². The van der Waals surface area contributed by atoms with Crippen LogP contribution in [0.1, 0.15) is 106 Å². The number of carbonyl (C=O) groups is 2. The number of ether oxygens (including phenoxy) is 2. The van der Waals surface area contributed by atoms with Crippen molar-refractivity contribution in [3.8, 4) is 33.9 Å². The van der Waals surface area contributed by atoms with E-state index in [0.717, 1.165) is 102 Å². The van der Waals surface area contributed by atoms with Gasteiger partial charge in [-0.15, -0.1) is 0 Å². The number of nitrogens with one attached hydrogen (secondary N) is 2. The van der Waals surface area contributed by atoms with Crippen molar-refractivity contribution in [1.29, 1.82) is 0 Å². The smallest absolute Gasteiger partial charge is 0.444 e. The van der Waals surface area contributed by atoms with Gasteiger partial charge in [0.2, 0.25) is 11.9 Å². The minimum atomic E-state index is -0.750. The van der Waals surface area contributed by atoms with Gasteiger partial charge in [0.1, 0.15) is 11.2 Å². The van der Waals surface area contributed by atoms with Gasteiger partial charge in [0.15, 0.2) is 0 Å². The molecule has 2 atom stereocenters. The highest BCUT2D eigenvalue weighted by Crippen LogP contribution is 2.39. The van der Waals surface area contributed by atoms with Gasteiger partial charge in [-0.25, -0.2) is 29.5 Å². The van der Waals surface area contributed by atoms with Crippen LogP contribution in [0.2, 0.25) is 0 Å². The van der Waals surface area contributed by atoms with Crippen molar-refractivity contribution >= 4 is 97.5 Å². The summed E-state index contributed by atoms with van der Waals surface area (Å²) < 4.78 is 62.6. The number of rotatable bonds is 9. The fourth-order valence-corrected chi connectivity index (χ4v) is 11.0. The third kappa shape index (κ3) is 16.4. The molecule has 24 heteroatoms. The molecule has 0 bridgehead atoms. The number of hydrogen-bond acceptors (Lipinski definition) is 16. The Labute approximate surface area is 530 Å². The second kappa shape index (κ2) is 28.2. The molecular formula is C64H76BBrN10O10S2. The maximum absolute atomic E-state index is 12.7. The maximum Gasteiger partial charge on any atom is 0.494 e. The first-order valence-electron chi connectivity index (χ1n) is 29.1. The summed E-state index contributed by atoms with van der Waals surface area (Å²) in [5.41, 5.74) is 9.13. The molecule has 2 N–H and O–H groups in total. The van der Waals surface area contributed by atoms with Gasteiger partial charge in [-0.3, -0.25) is 0 Å². The van der Waals surface area contributed by atoms with Crippen molar-refractivity contribution in [2.24, 2.45) is 0 Å². The Hall–Kier alpha value is -7.64. The second-order valence-electron chi connectivity index (χ2n) is 24.9. The van der Waals surface area contributed by atoms with Gasteiger partial charge < -0.3 is 48.4 Å². The number of benzene rings is 4. The monoisotopic (exact) mass is 1300 g/mol. The van der Waals surface area contributed by atoms with Crippen LogP contribution in [0.3, 0.4) is 0 Å². The van der Waals surface area contributed by atoms with Gasteiger partial charge in [0.25, 0.3) is 0 Å². The van der Waals surface area contributed by atoms with Crippen molar-refractivity contribution in [3.63, 3.8) is 0 Å². The van der Waals surface area contributed by atoms with E-state index >= 15 is 0 Å². The summed E-state index contributed by atoms with van der Waals surface area (Å²) in [6.07, 6.45) is 11.1. The van der Waals surface area contributed by atoms with Gasteiger partial charge in [0.05, 0.1) is 33.6 Å². The van der Waals surface area contributed by atoms with E-state index in [-0.39, 0.29) is 24.3 Å². The number of halogens is 1. The lowest BCUT2D eigenvalue weighted by Crippen LogP contribution is -2.47. The van der Waals surface area contributed by atoms with Crippen molar-refractivity contribution in [1.82, 2.24) is 38.9 Å². The molecule has 3 fully saturated rings. The molecule has 20 nitrogen and oxygen atoms in total. The van der Waals surface area contributed by atoms with Gasteiger partial charge >= 0.3 is 42.4 Å². The molecule has 3 aliphatic rings. The number of aromatic nitrogens is 6. The second-order valence-corrected chi connectivity index (χ2v) is 26.1. The minimum absolute atomic E-state index is 0.0231. The summed E-state index contributed by atoms with van der Waals surface area (Å²) in [6.45, 7) is 26.2. The molecule has 3 saturated heterocycles. The predicted octanol–water partition coefficient (Wildman–Crippen LogP) is 12.1. The highest BCUT2D eigenvalue weighted by Gasteiger charge is 2.52.